The predicted molar refractivity (Wildman–Crippen MR) is 94.2 cm³/mol. The molecule has 7 heteroatoms. The molecule has 2 rings (SSSR count). The lowest BCUT2D eigenvalue weighted by Crippen LogP contribution is -2.53. The van der Waals surface area contributed by atoms with Crippen LogP contribution in [0.2, 0.25) is 0 Å². The number of hydrogen-bond acceptors (Lipinski definition) is 7. The number of hydrogen-bond donors (Lipinski definition) is 4. The number of ketones is 1. The van der Waals surface area contributed by atoms with Gasteiger partial charge in [-0.25, -0.2) is 0 Å². The summed E-state index contributed by atoms with van der Waals surface area (Å²) in [6.45, 7) is 6.61. The summed E-state index contributed by atoms with van der Waals surface area (Å²) in [6.07, 6.45) is 1.55. The molecule has 0 aromatic carbocycles. The van der Waals surface area contributed by atoms with Crippen molar-refractivity contribution in [3.05, 3.63) is 12.2 Å². The zero-order chi connectivity index (χ0) is 19.7. The Morgan fingerprint density at radius 2 is 2.08 bits per heavy atom. The number of rotatable bonds is 8. The van der Waals surface area contributed by atoms with Gasteiger partial charge in [-0.15, -0.1) is 0 Å². The number of allylic oxidation sites excluding steroid dienone is 1. The summed E-state index contributed by atoms with van der Waals surface area (Å²) in [5.41, 5.74) is -0.924. The van der Waals surface area contributed by atoms with Gasteiger partial charge in [0.15, 0.2) is 5.79 Å². The Bertz CT molecular complexity index is 536. The van der Waals surface area contributed by atoms with Crippen molar-refractivity contribution in [1.29, 1.82) is 0 Å². The van der Waals surface area contributed by atoms with Gasteiger partial charge in [-0.05, 0) is 20.3 Å². The second kappa shape index (κ2) is 8.04. The third kappa shape index (κ3) is 4.03. The third-order valence-electron chi connectivity index (χ3n) is 5.83. The van der Waals surface area contributed by atoms with Crippen molar-refractivity contribution in [2.24, 2.45) is 17.8 Å². The Kier molecular flexibility index (Phi) is 6.64. The average molecular weight is 372 g/mol. The summed E-state index contributed by atoms with van der Waals surface area (Å²) in [5, 5.41) is 40.9. The summed E-state index contributed by atoms with van der Waals surface area (Å²) in [5.74, 6) is -3.83. The van der Waals surface area contributed by atoms with Crippen molar-refractivity contribution in [2.45, 2.75) is 70.2 Å². The van der Waals surface area contributed by atoms with E-state index in [0.29, 0.717) is 6.42 Å². The monoisotopic (exact) mass is 372 g/mol. The second-order valence-corrected chi connectivity index (χ2v) is 7.73. The highest BCUT2D eigenvalue weighted by Crippen LogP contribution is 2.47. The van der Waals surface area contributed by atoms with Gasteiger partial charge in [0.2, 0.25) is 0 Å². The summed E-state index contributed by atoms with van der Waals surface area (Å²) >= 11 is 0. The van der Waals surface area contributed by atoms with E-state index in [1.165, 1.54) is 0 Å². The van der Waals surface area contributed by atoms with Gasteiger partial charge in [-0.2, -0.15) is 0 Å². The van der Waals surface area contributed by atoms with E-state index in [9.17, 15) is 25.2 Å². The van der Waals surface area contributed by atoms with E-state index in [1.54, 1.807) is 13.8 Å². The van der Waals surface area contributed by atoms with Gasteiger partial charge in [0.05, 0.1) is 43.4 Å². The maximum atomic E-state index is 12.8. The van der Waals surface area contributed by atoms with Crippen molar-refractivity contribution in [1.82, 2.24) is 0 Å². The maximum absolute atomic E-state index is 12.8. The fourth-order valence-corrected chi connectivity index (χ4v) is 3.93. The number of Topliss-reactive ketones (excluding diaryl/α,β-unsaturated/α-hetero) is 1. The topological polar surface area (TPSA) is 120 Å². The first-order valence-electron chi connectivity index (χ1n) is 9.31. The van der Waals surface area contributed by atoms with Gasteiger partial charge in [0.1, 0.15) is 11.4 Å². The van der Waals surface area contributed by atoms with Crippen LogP contribution in [0, 0.1) is 17.8 Å². The fourth-order valence-electron chi connectivity index (χ4n) is 3.93. The molecule has 2 aliphatic rings. The van der Waals surface area contributed by atoms with Crippen molar-refractivity contribution in [2.75, 3.05) is 13.2 Å². The van der Waals surface area contributed by atoms with Crippen LogP contribution < -0.4 is 0 Å². The highest BCUT2D eigenvalue weighted by atomic mass is 16.6. The molecule has 0 saturated carbocycles. The van der Waals surface area contributed by atoms with Crippen molar-refractivity contribution < 1.29 is 34.7 Å². The van der Waals surface area contributed by atoms with E-state index in [2.05, 4.69) is 0 Å². The Labute approximate surface area is 154 Å². The molecule has 0 unspecified atom stereocenters. The minimum absolute atomic E-state index is 0.0669. The molecule has 0 spiro atoms. The van der Waals surface area contributed by atoms with E-state index in [4.69, 9.17) is 9.47 Å². The fraction of sp³-hybridized carbons (Fsp3) is 0.842. The first kappa shape index (κ1) is 21.5. The summed E-state index contributed by atoms with van der Waals surface area (Å²) in [6, 6.07) is 0. The molecular formula is C19H32O7. The van der Waals surface area contributed by atoms with Gasteiger partial charge >= 0.3 is 0 Å². The second-order valence-electron chi connectivity index (χ2n) is 7.73. The SMILES string of the molecule is C/C=C\[C@H](C)[C@H]1O[C@]1(C)[C@@H](O)[C@@H](CO)C(=O)[C@H]1CO[C@@](O)(CC)C[C@@H]1O. The van der Waals surface area contributed by atoms with E-state index in [0.717, 1.165) is 0 Å². The molecule has 8 atom stereocenters. The first-order chi connectivity index (χ1) is 12.1. The number of ether oxygens (including phenoxy) is 2. The van der Waals surface area contributed by atoms with E-state index in [-0.39, 0.29) is 25.0 Å². The molecule has 0 aliphatic carbocycles. The van der Waals surface area contributed by atoms with Crippen LogP contribution in [0.15, 0.2) is 12.2 Å². The minimum atomic E-state index is -1.44. The van der Waals surface area contributed by atoms with E-state index < -0.39 is 47.8 Å². The summed E-state index contributed by atoms with van der Waals surface area (Å²) in [7, 11) is 0. The largest absolute Gasteiger partial charge is 0.396 e. The van der Waals surface area contributed by atoms with E-state index >= 15 is 0 Å². The van der Waals surface area contributed by atoms with Gasteiger partial charge in [0.25, 0.3) is 0 Å². The molecule has 2 fully saturated rings. The lowest BCUT2D eigenvalue weighted by molar-refractivity contribution is -0.258. The van der Waals surface area contributed by atoms with Crippen LogP contribution in [-0.2, 0) is 14.3 Å². The van der Waals surface area contributed by atoms with Gasteiger partial charge in [-0.1, -0.05) is 26.0 Å². The molecule has 0 aromatic rings. The zero-order valence-electron chi connectivity index (χ0n) is 16.0. The van der Waals surface area contributed by atoms with Crippen LogP contribution in [0.3, 0.4) is 0 Å². The molecule has 2 heterocycles. The van der Waals surface area contributed by atoms with Gasteiger partial charge in [0, 0.05) is 12.3 Å². The number of aliphatic hydroxyl groups excluding tert-OH is 3. The first-order valence-corrected chi connectivity index (χ1v) is 9.31. The summed E-state index contributed by atoms with van der Waals surface area (Å²) < 4.78 is 11.0. The number of carbonyl (C=O) groups is 1. The zero-order valence-corrected chi connectivity index (χ0v) is 16.0. The molecule has 2 saturated heterocycles. The molecule has 0 aromatic heterocycles. The normalized spacial score (nSPS) is 41.0. The van der Waals surface area contributed by atoms with Crippen LogP contribution in [0.4, 0.5) is 0 Å². The molecular weight excluding hydrogens is 340 g/mol. The molecule has 0 radical (unpaired) electrons. The van der Waals surface area contributed by atoms with Crippen molar-refractivity contribution in [3.63, 3.8) is 0 Å². The van der Waals surface area contributed by atoms with Crippen LogP contribution in [0.1, 0.15) is 40.5 Å². The number of epoxide rings is 1. The lowest BCUT2D eigenvalue weighted by atomic mass is 9.78. The maximum Gasteiger partial charge on any atom is 0.167 e. The molecule has 7 nitrogen and oxygen atoms in total. The lowest BCUT2D eigenvalue weighted by Gasteiger charge is -2.39. The highest BCUT2D eigenvalue weighted by molar-refractivity contribution is 5.85. The Balaban J connectivity index is 2.07. The van der Waals surface area contributed by atoms with E-state index in [1.807, 2.05) is 26.0 Å². The highest BCUT2D eigenvalue weighted by Gasteiger charge is 2.62. The number of carbonyl (C=O) groups excluding carboxylic acids is 1. The standard InChI is InChI=1S/C19H32O7/c1-5-7-11(3)17-18(4,26-17)16(23)12(9-20)15(22)13-10-25-19(24,6-2)8-14(13)21/h5,7,11-14,16-17,20-21,23-24H,6,8-10H2,1-4H3/b7-5-/t11-,12-,13-,14-,16-,17+,18+,19-/m0/s1. The average Bonchev–Trinajstić information content (AvgIpc) is 3.29. The molecule has 150 valence electrons. The van der Waals surface area contributed by atoms with Crippen LogP contribution in [0.25, 0.3) is 0 Å². The Morgan fingerprint density at radius 1 is 1.42 bits per heavy atom. The van der Waals surface area contributed by atoms with Crippen LogP contribution >= 0.6 is 0 Å². The van der Waals surface area contributed by atoms with Crippen molar-refractivity contribution >= 4 is 5.78 Å². The molecule has 0 amide bonds. The molecule has 0 bridgehead atoms. The molecule has 26 heavy (non-hydrogen) atoms. The predicted octanol–water partition coefficient (Wildman–Crippen LogP) is 0.391. The van der Waals surface area contributed by atoms with Crippen LogP contribution in [0.5, 0.6) is 0 Å². The van der Waals surface area contributed by atoms with Crippen LogP contribution in [-0.4, -0.2) is 69.1 Å². The molecule has 4 N–H and O–H groups in total. The Hall–Kier alpha value is -0.830. The van der Waals surface area contributed by atoms with Gasteiger partial charge < -0.3 is 29.9 Å². The summed E-state index contributed by atoms with van der Waals surface area (Å²) in [4.78, 5) is 12.8. The third-order valence-corrected chi connectivity index (χ3v) is 5.83. The molecule has 2 aliphatic heterocycles. The van der Waals surface area contributed by atoms with Gasteiger partial charge in [-0.3, -0.25) is 4.79 Å². The smallest absolute Gasteiger partial charge is 0.167 e. The minimum Gasteiger partial charge on any atom is -0.396 e. The number of aliphatic hydroxyl groups is 4. The quantitative estimate of drug-likeness (QED) is 0.359. The van der Waals surface area contributed by atoms with Crippen molar-refractivity contribution in [3.8, 4) is 0 Å². The Morgan fingerprint density at radius 3 is 2.58 bits per heavy atom.